The molecule has 2 heterocycles. The molecule has 0 unspecified atom stereocenters. The summed E-state index contributed by atoms with van der Waals surface area (Å²) < 4.78 is 47.4. The van der Waals surface area contributed by atoms with Gasteiger partial charge in [0.05, 0.1) is 13.2 Å². The van der Waals surface area contributed by atoms with Crippen LogP contribution in [0.1, 0.15) is 48.9 Å². The molecule has 1 aliphatic heterocycles. The van der Waals surface area contributed by atoms with Gasteiger partial charge in [0, 0.05) is 5.92 Å². The Bertz CT molecular complexity index is 520. The lowest BCUT2D eigenvalue weighted by atomic mass is 9.98. The summed E-state index contributed by atoms with van der Waals surface area (Å²) in [5.41, 5.74) is 0.175. The van der Waals surface area contributed by atoms with E-state index in [0.717, 1.165) is 0 Å². The number of likely N-dealkylation sites (tertiary alicyclic amines) is 1. The highest BCUT2D eigenvalue weighted by Crippen LogP contribution is 2.23. The number of alkyl halides is 3. The minimum atomic E-state index is -4.17. The normalized spacial score (nSPS) is 17.7. The standard InChI is InChI=1S/C15H21F3N2O3/c1-10(2)13-12(19-9-23-13)14(21)22-7-11-3-5-20(6-4-11)8-15(16,17)18/h9-11H,3-8H2,1-2H3. The fourth-order valence-electron chi connectivity index (χ4n) is 2.64. The Kier molecular flexibility index (Phi) is 5.67. The zero-order chi connectivity index (χ0) is 17.0. The van der Waals surface area contributed by atoms with Crippen LogP contribution in [-0.2, 0) is 4.74 Å². The zero-order valence-electron chi connectivity index (χ0n) is 13.2. The fraction of sp³-hybridized carbons (Fsp3) is 0.733. The predicted molar refractivity (Wildman–Crippen MR) is 76.1 cm³/mol. The lowest BCUT2D eigenvalue weighted by Gasteiger charge is -2.31. The molecule has 8 heteroatoms. The highest BCUT2D eigenvalue weighted by molar-refractivity contribution is 5.88. The number of rotatable bonds is 5. The smallest absolute Gasteiger partial charge is 0.401 e. The van der Waals surface area contributed by atoms with E-state index in [2.05, 4.69) is 4.98 Å². The van der Waals surface area contributed by atoms with Gasteiger partial charge in [-0.3, -0.25) is 4.90 Å². The van der Waals surface area contributed by atoms with Gasteiger partial charge in [-0.05, 0) is 31.8 Å². The maximum atomic E-state index is 12.3. The van der Waals surface area contributed by atoms with Gasteiger partial charge in [0.25, 0.3) is 0 Å². The van der Waals surface area contributed by atoms with Crippen molar-refractivity contribution in [3.05, 3.63) is 17.8 Å². The van der Waals surface area contributed by atoms with Gasteiger partial charge in [0.2, 0.25) is 0 Å². The zero-order valence-corrected chi connectivity index (χ0v) is 13.2. The molecule has 23 heavy (non-hydrogen) atoms. The average Bonchev–Trinajstić information content (AvgIpc) is 2.94. The number of carbonyl (C=O) groups excluding carboxylic acids is 1. The molecule has 0 aromatic carbocycles. The number of oxazole rings is 1. The molecule has 0 amide bonds. The van der Waals surface area contributed by atoms with Gasteiger partial charge < -0.3 is 9.15 Å². The number of aromatic nitrogens is 1. The van der Waals surface area contributed by atoms with Crippen molar-refractivity contribution in [1.29, 1.82) is 0 Å². The third-order valence-electron chi connectivity index (χ3n) is 3.87. The molecule has 0 atom stereocenters. The van der Waals surface area contributed by atoms with Crippen molar-refractivity contribution in [3.63, 3.8) is 0 Å². The molecule has 1 saturated heterocycles. The van der Waals surface area contributed by atoms with Gasteiger partial charge in [-0.2, -0.15) is 13.2 Å². The van der Waals surface area contributed by atoms with Crippen LogP contribution < -0.4 is 0 Å². The van der Waals surface area contributed by atoms with Crippen LogP contribution in [-0.4, -0.2) is 48.3 Å². The first-order valence-electron chi connectivity index (χ1n) is 7.66. The second kappa shape index (κ2) is 7.33. The molecule has 0 bridgehead atoms. The molecular formula is C15H21F3N2O3. The summed E-state index contributed by atoms with van der Waals surface area (Å²) in [6.45, 7) is 3.81. The van der Waals surface area contributed by atoms with Gasteiger partial charge in [-0.1, -0.05) is 13.8 Å². The molecule has 0 spiro atoms. The molecule has 0 N–H and O–H groups in total. The second-order valence-corrected chi connectivity index (χ2v) is 6.15. The summed E-state index contributed by atoms with van der Waals surface area (Å²) in [5, 5.41) is 0. The topological polar surface area (TPSA) is 55.6 Å². The minimum Gasteiger partial charge on any atom is -0.461 e. The summed E-state index contributed by atoms with van der Waals surface area (Å²) in [5.74, 6) is 0.0404. The number of nitrogens with zero attached hydrogens (tertiary/aromatic N) is 2. The Morgan fingerprint density at radius 3 is 2.65 bits per heavy atom. The van der Waals surface area contributed by atoms with E-state index in [1.165, 1.54) is 11.3 Å². The van der Waals surface area contributed by atoms with Crippen molar-refractivity contribution < 1.29 is 27.1 Å². The predicted octanol–water partition coefficient (Wildman–Crippen LogP) is 3.23. The van der Waals surface area contributed by atoms with Crippen LogP contribution in [0.25, 0.3) is 0 Å². The molecule has 1 fully saturated rings. The number of hydrogen-bond donors (Lipinski definition) is 0. The highest BCUT2D eigenvalue weighted by atomic mass is 19.4. The number of piperidine rings is 1. The molecule has 130 valence electrons. The van der Waals surface area contributed by atoms with E-state index >= 15 is 0 Å². The molecule has 0 saturated carbocycles. The van der Waals surface area contributed by atoms with Crippen LogP contribution >= 0.6 is 0 Å². The van der Waals surface area contributed by atoms with Gasteiger partial charge in [0.1, 0.15) is 5.76 Å². The van der Waals surface area contributed by atoms with Gasteiger partial charge in [0.15, 0.2) is 12.1 Å². The molecule has 1 aromatic rings. The summed E-state index contributed by atoms with van der Waals surface area (Å²) in [7, 11) is 0. The van der Waals surface area contributed by atoms with E-state index < -0.39 is 18.7 Å². The summed E-state index contributed by atoms with van der Waals surface area (Å²) in [6, 6.07) is 0. The summed E-state index contributed by atoms with van der Waals surface area (Å²) >= 11 is 0. The monoisotopic (exact) mass is 334 g/mol. The first-order valence-corrected chi connectivity index (χ1v) is 7.66. The SMILES string of the molecule is CC(C)c1ocnc1C(=O)OCC1CCN(CC(F)(F)F)CC1. The van der Waals surface area contributed by atoms with Crippen LogP contribution in [0.15, 0.2) is 10.8 Å². The van der Waals surface area contributed by atoms with Crippen molar-refractivity contribution in [1.82, 2.24) is 9.88 Å². The maximum Gasteiger partial charge on any atom is 0.401 e. The van der Waals surface area contributed by atoms with Crippen LogP contribution in [0.5, 0.6) is 0 Å². The minimum absolute atomic E-state index is 0.0191. The van der Waals surface area contributed by atoms with Crippen molar-refractivity contribution in [3.8, 4) is 0 Å². The van der Waals surface area contributed by atoms with E-state index in [9.17, 15) is 18.0 Å². The number of esters is 1. The van der Waals surface area contributed by atoms with Crippen LogP contribution in [0.3, 0.4) is 0 Å². The number of halogens is 3. The van der Waals surface area contributed by atoms with E-state index in [1.807, 2.05) is 13.8 Å². The largest absolute Gasteiger partial charge is 0.461 e. The third-order valence-corrected chi connectivity index (χ3v) is 3.87. The summed E-state index contributed by atoms with van der Waals surface area (Å²) in [4.78, 5) is 17.3. The van der Waals surface area contributed by atoms with Crippen LogP contribution in [0.2, 0.25) is 0 Å². The molecule has 2 rings (SSSR count). The van der Waals surface area contributed by atoms with Crippen molar-refractivity contribution in [2.24, 2.45) is 5.92 Å². The lowest BCUT2D eigenvalue weighted by molar-refractivity contribution is -0.148. The molecule has 1 aromatic heterocycles. The number of ether oxygens (including phenoxy) is 1. The van der Waals surface area contributed by atoms with Crippen molar-refractivity contribution >= 4 is 5.97 Å². The molecule has 0 radical (unpaired) electrons. The Morgan fingerprint density at radius 2 is 2.09 bits per heavy atom. The molecule has 5 nitrogen and oxygen atoms in total. The Hall–Kier alpha value is -1.57. The fourth-order valence-corrected chi connectivity index (χ4v) is 2.64. The van der Waals surface area contributed by atoms with E-state index in [1.54, 1.807) is 0 Å². The van der Waals surface area contributed by atoms with E-state index in [-0.39, 0.29) is 24.1 Å². The average molecular weight is 334 g/mol. The van der Waals surface area contributed by atoms with Gasteiger partial charge in [-0.25, -0.2) is 9.78 Å². The first kappa shape index (κ1) is 17.8. The van der Waals surface area contributed by atoms with Crippen LogP contribution in [0.4, 0.5) is 13.2 Å². The summed E-state index contributed by atoms with van der Waals surface area (Å²) in [6.07, 6.45) is -1.79. The van der Waals surface area contributed by atoms with Crippen molar-refractivity contribution in [2.45, 2.75) is 38.8 Å². The first-order chi connectivity index (χ1) is 10.8. The third kappa shape index (κ3) is 5.23. The Labute approximate surface area is 132 Å². The molecular weight excluding hydrogens is 313 g/mol. The quantitative estimate of drug-likeness (QED) is 0.774. The van der Waals surface area contributed by atoms with Crippen LogP contribution in [0, 0.1) is 5.92 Å². The maximum absolute atomic E-state index is 12.3. The Morgan fingerprint density at radius 1 is 1.43 bits per heavy atom. The lowest BCUT2D eigenvalue weighted by Crippen LogP contribution is -2.40. The second-order valence-electron chi connectivity index (χ2n) is 6.15. The van der Waals surface area contributed by atoms with Gasteiger partial charge >= 0.3 is 12.1 Å². The number of carbonyl (C=O) groups is 1. The van der Waals surface area contributed by atoms with Gasteiger partial charge in [-0.15, -0.1) is 0 Å². The Balaban J connectivity index is 1.77. The molecule has 1 aliphatic rings. The highest BCUT2D eigenvalue weighted by Gasteiger charge is 2.32. The van der Waals surface area contributed by atoms with E-state index in [4.69, 9.17) is 9.15 Å². The van der Waals surface area contributed by atoms with E-state index in [0.29, 0.717) is 31.7 Å². The molecule has 0 aliphatic carbocycles. The van der Waals surface area contributed by atoms with Crippen molar-refractivity contribution in [2.75, 3.05) is 26.2 Å². The number of hydrogen-bond acceptors (Lipinski definition) is 5.